The highest BCUT2D eigenvalue weighted by Crippen LogP contribution is 2.32. The molecule has 10 heteroatoms. The second kappa shape index (κ2) is 12.5. The molecule has 0 saturated carbocycles. The number of hydrogen-bond donors (Lipinski definition) is 3. The first-order valence-electron chi connectivity index (χ1n) is 12.7. The third-order valence-electron chi connectivity index (χ3n) is 6.23. The van der Waals surface area contributed by atoms with E-state index in [1.807, 2.05) is 73.7 Å². The SMILES string of the molecule is COc1cc(Nc2nc3ccccc3nc2NSc2ccc(NC(=O)c3ccc(C)c(OC)c3)cc2)cc(OC)c1. The Morgan fingerprint density at radius 2 is 1.39 bits per heavy atom. The van der Waals surface area contributed by atoms with Gasteiger partial charge in [-0.3, -0.25) is 4.79 Å². The van der Waals surface area contributed by atoms with Gasteiger partial charge < -0.3 is 29.6 Å². The Bertz CT molecular complexity index is 1670. The van der Waals surface area contributed by atoms with Crippen molar-refractivity contribution in [1.29, 1.82) is 0 Å². The van der Waals surface area contributed by atoms with Crippen LogP contribution in [0.15, 0.2) is 89.8 Å². The number of methoxy groups -OCH3 is 3. The number of ether oxygens (including phenoxy) is 3. The molecule has 0 saturated heterocycles. The maximum atomic E-state index is 12.7. The van der Waals surface area contributed by atoms with E-state index in [4.69, 9.17) is 24.2 Å². The van der Waals surface area contributed by atoms with Crippen molar-refractivity contribution in [1.82, 2.24) is 9.97 Å². The molecule has 41 heavy (non-hydrogen) atoms. The number of carbonyl (C=O) groups is 1. The van der Waals surface area contributed by atoms with Gasteiger partial charge in [0.15, 0.2) is 11.6 Å². The number of hydrogen-bond acceptors (Lipinski definition) is 9. The summed E-state index contributed by atoms with van der Waals surface area (Å²) in [6.45, 7) is 1.93. The fraction of sp³-hybridized carbons (Fsp3) is 0.129. The summed E-state index contributed by atoms with van der Waals surface area (Å²) in [4.78, 5) is 23.3. The molecule has 0 unspecified atom stereocenters. The van der Waals surface area contributed by atoms with Crippen molar-refractivity contribution in [2.24, 2.45) is 0 Å². The summed E-state index contributed by atoms with van der Waals surface area (Å²) >= 11 is 1.38. The molecule has 0 radical (unpaired) electrons. The first kappa shape index (κ1) is 27.6. The zero-order valence-electron chi connectivity index (χ0n) is 23.0. The lowest BCUT2D eigenvalue weighted by Crippen LogP contribution is -2.12. The average Bonchev–Trinajstić information content (AvgIpc) is 3.00. The van der Waals surface area contributed by atoms with Crippen molar-refractivity contribution in [3.63, 3.8) is 0 Å². The van der Waals surface area contributed by atoms with E-state index < -0.39 is 0 Å². The molecular weight excluding hydrogens is 538 g/mol. The molecule has 0 atom stereocenters. The molecule has 5 aromatic rings. The Kier molecular flexibility index (Phi) is 8.40. The minimum atomic E-state index is -0.210. The molecule has 0 fully saturated rings. The minimum absolute atomic E-state index is 0.210. The first-order valence-corrected chi connectivity index (χ1v) is 13.5. The van der Waals surface area contributed by atoms with Gasteiger partial charge >= 0.3 is 0 Å². The molecule has 1 amide bonds. The van der Waals surface area contributed by atoms with Crippen LogP contribution in [0.3, 0.4) is 0 Å². The molecule has 9 nitrogen and oxygen atoms in total. The van der Waals surface area contributed by atoms with Crippen LogP contribution in [0.5, 0.6) is 17.2 Å². The lowest BCUT2D eigenvalue weighted by molar-refractivity contribution is 0.102. The van der Waals surface area contributed by atoms with Crippen LogP contribution >= 0.6 is 11.9 Å². The second-order valence-corrected chi connectivity index (χ2v) is 9.88. The van der Waals surface area contributed by atoms with Crippen molar-refractivity contribution >= 4 is 51.9 Å². The van der Waals surface area contributed by atoms with Gasteiger partial charge in [0, 0.05) is 40.0 Å². The third-order valence-corrected chi connectivity index (χ3v) is 7.04. The Morgan fingerprint density at radius 1 is 0.732 bits per heavy atom. The zero-order chi connectivity index (χ0) is 28.8. The highest BCUT2D eigenvalue weighted by Gasteiger charge is 2.13. The minimum Gasteiger partial charge on any atom is -0.497 e. The number of aryl methyl sites for hydroxylation is 1. The van der Waals surface area contributed by atoms with Gasteiger partial charge in [-0.15, -0.1) is 0 Å². The maximum absolute atomic E-state index is 12.7. The van der Waals surface area contributed by atoms with Gasteiger partial charge in [0.25, 0.3) is 5.91 Å². The van der Waals surface area contributed by atoms with E-state index >= 15 is 0 Å². The second-order valence-electron chi connectivity index (χ2n) is 9.00. The van der Waals surface area contributed by atoms with Crippen LogP contribution in [0, 0.1) is 6.92 Å². The smallest absolute Gasteiger partial charge is 0.255 e. The molecule has 0 aliphatic heterocycles. The van der Waals surface area contributed by atoms with Crippen LogP contribution in [0.1, 0.15) is 15.9 Å². The van der Waals surface area contributed by atoms with Gasteiger partial charge in [-0.2, -0.15) is 0 Å². The van der Waals surface area contributed by atoms with Crippen LogP contribution in [-0.2, 0) is 0 Å². The molecule has 5 rings (SSSR count). The Labute approximate surface area is 242 Å². The fourth-order valence-electron chi connectivity index (χ4n) is 4.05. The monoisotopic (exact) mass is 567 g/mol. The van der Waals surface area contributed by atoms with E-state index in [9.17, 15) is 4.79 Å². The van der Waals surface area contributed by atoms with Gasteiger partial charge in [-0.25, -0.2) is 9.97 Å². The number of aromatic nitrogens is 2. The van der Waals surface area contributed by atoms with Gasteiger partial charge in [0.05, 0.1) is 32.4 Å². The average molecular weight is 568 g/mol. The van der Waals surface area contributed by atoms with E-state index in [2.05, 4.69) is 15.4 Å². The highest BCUT2D eigenvalue weighted by atomic mass is 32.2. The number of nitrogens with one attached hydrogen (secondary N) is 3. The molecule has 1 heterocycles. The van der Waals surface area contributed by atoms with Crippen LogP contribution in [0.25, 0.3) is 11.0 Å². The van der Waals surface area contributed by atoms with Crippen LogP contribution in [0.2, 0.25) is 0 Å². The summed E-state index contributed by atoms with van der Waals surface area (Å²) in [7, 11) is 4.80. The van der Waals surface area contributed by atoms with Crippen molar-refractivity contribution in [3.8, 4) is 17.2 Å². The van der Waals surface area contributed by atoms with E-state index in [0.717, 1.165) is 27.2 Å². The number of carbonyl (C=O) groups excluding carboxylic acids is 1. The summed E-state index contributed by atoms with van der Waals surface area (Å²) < 4.78 is 19.5. The fourth-order valence-corrected chi connectivity index (χ4v) is 4.68. The number of fused-ring (bicyclic) bond motifs is 1. The van der Waals surface area contributed by atoms with Crippen LogP contribution in [-0.4, -0.2) is 37.2 Å². The molecule has 3 N–H and O–H groups in total. The predicted octanol–water partition coefficient (Wildman–Crippen LogP) is 7.08. The molecule has 1 aromatic heterocycles. The van der Waals surface area contributed by atoms with Crippen molar-refractivity contribution in [3.05, 3.63) is 96.1 Å². The molecular formula is C31H29N5O4S. The first-order chi connectivity index (χ1) is 19.9. The normalized spacial score (nSPS) is 10.6. The largest absolute Gasteiger partial charge is 0.497 e. The van der Waals surface area contributed by atoms with Crippen molar-refractivity contribution in [2.45, 2.75) is 11.8 Å². The van der Waals surface area contributed by atoms with Gasteiger partial charge in [-0.05, 0) is 73.0 Å². The zero-order valence-corrected chi connectivity index (χ0v) is 23.8. The highest BCUT2D eigenvalue weighted by molar-refractivity contribution is 8.00. The number of amides is 1. The Balaban J connectivity index is 1.32. The van der Waals surface area contributed by atoms with E-state index in [-0.39, 0.29) is 5.91 Å². The van der Waals surface area contributed by atoms with Crippen LogP contribution in [0.4, 0.5) is 23.0 Å². The van der Waals surface area contributed by atoms with Crippen LogP contribution < -0.4 is 29.6 Å². The molecule has 4 aromatic carbocycles. The summed E-state index contributed by atoms with van der Waals surface area (Å²) in [5.74, 6) is 2.87. The predicted molar refractivity (Wildman–Crippen MR) is 164 cm³/mol. The summed E-state index contributed by atoms with van der Waals surface area (Å²) in [5.41, 5.74) is 4.43. The van der Waals surface area contributed by atoms with Gasteiger partial charge in [0.1, 0.15) is 17.2 Å². The van der Waals surface area contributed by atoms with E-state index in [1.54, 1.807) is 39.5 Å². The lowest BCUT2D eigenvalue weighted by Gasteiger charge is -2.14. The number of nitrogens with zero attached hydrogens (tertiary/aromatic N) is 2. The Hall–Kier alpha value is -4.96. The van der Waals surface area contributed by atoms with Gasteiger partial charge in [-0.1, -0.05) is 18.2 Å². The molecule has 0 spiro atoms. The lowest BCUT2D eigenvalue weighted by atomic mass is 10.1. The maximum Gasteiger partial charge on any atom is 0.255 e. The van der Waals surface area contributed by atoms with E-state index in [1.165, 1.54) is 11.9 Å². The summed E-state index contributed by atoms with van der Waals surface area (Å²) in [6.07, 6.45) is 0. The van der Waals surface area contributed by atoms with Crippen molar-refractivity contribution < 1.29 is 19.0 Å². The molecule has 208 valence electrons. The number of benzene rings is 4. The van der Waals surface area contributed by atoms with Gasteiger partial charge in [0.2, 0.25) is 0 Å². The quantitative estimate of drug-likeness (QED) is 0.153. The third kappa shape index (κ3) is 6.62. The molecule has 0 aliphatic rings. The van der Waals surface area contributed by atoms with E-state index in [0.29, 0.717) is 40.1 Å². The number of anilines is 4. The molecule has 0 aliphatic carbocycles. The summed E-state index contributed by atoms with van der Waals surface area (Å²) in [5, 5.41) is 6.27. The summed E-state index contributed by atoms with van der Waals surface area (Å²) in [6, 6.07) is 26.1. The Morgan fingerprint density at radius 3 is 2.02 bits per heavy atom. The van der Waals surface area contributed by atoms with Crippen molar-refractivity contribution in [2.75, 3.05) is 36.7 Å². The topological polar surface area (TPSA) is 107 Å². The molecule has 0 bridgehead atoms. The standard InChI is InChI=1S/C31H29N5O4S/c1-19-9-10-20(15-28(19)40-4)31(37)33-21-11-13-25(14-12-21)41-36-30-29(34-26-7-5-6-8-27(26)35-30)32-22-16-23(38-2)18-24(17-22)39-3/h5-18H,1-4H3,(H,32,34)(H,33,37)(H,35,36). The number of para-hydroxylation sites is 2. The number of rotatable bonds is 10.